The highest BCUT2D eigenvalue weighted by Gasteiger charge is 2.28. The average Bonchev–Trinajstić information content (AvgIpc) is 2.96. The largest absolute Gasteiger partial charge is 0.480 e. The molecule has 0 fully saturated rings. The number of carbonyl (C=O) groups is 4. The quantitative estimate of drug-likeness (QED) is 0.138. The van der Waals surface area contributed by atoms with Crippen LogP contribution in [-0.2, 0) is 20.9 Å². The number of H-pyrrole nitrogens is 1. The van der Waals surface area contributed by atoms with E-state index in [0.29, 0.717) is 11.4 Å². The van der Waals surface area contributed by atoms with Gasteiger partial charge in [-0.2, -0.15) is 4.98 Å². The number of amides is 1. The summed E-state index contributed by atoms with van der Waals surface area (Å²) in [4.78, 5) is 75.6. The Kier molecular flexibility index (Phi) is 8.62. The number of nitrogen functional groups attached to an aromatic ring is 1. The monoisotopic (exact) mass is 559 g/mol. The zero-order valence-corrected chi connectivity index (χ0v) is 21.7. The summed E-state index contributed by atoms with van der Waals surface area (Å²) in [5.41, 5.74) is 6.59. The van der Waals surface area contributed by atoms with Crippen LogP contribution in [-0.4, -0.2) is 54.9 Å². The van der Waals surface area contributed by atoms with E-state index >= 15 is 0 Å². The molecule has 0 aliphatic rings. The van der Waals surface area contributed by atoms with E-state index in [-0.39, 0.29) is 41.2 Å². The van der Waals surface area contributed by atoms with Crippen molar-refractivity contribution in [1.82, 2.24) is 25.3 Å². The van der Waals surface area contributed by atoms with E-state index < -0.39 is 41.3 Å². The molecule has 0 saturated carbocycles. The van der Waals surface area contributed by atoms with Crippen molar-refractivity contribution in [2.45, 2.75) is 25.9 Å². The van der Waals surface area contributed by atoms with Crippen LogP contribution in [0.25, 0.3) is 11.2 Å². The third-order valence-corrected chi connectivity index (χ3v) is 5.90. The van der Waals surface area contributed by atoms with Gasteiger partial charge in [-0.3, -0.25) is 19.4 Å². The normalized spacial score (nSPS) is 12.2. The third-order valence-electron chi connectivity index (χ3n) is 5.90. The number of rotatable bonds is 10. The summed E-state index contributed by atoms with van der Waals surface area (Å²) in [5.74, 6) is -4.83. The van der Waals surface area contributed by atoms with Gasteiger partial charge in [0.25, 0.3) is 11.5 Å². The van der Waals surface area contributed by atoms with Crippen molar-refractivity contribution < 1.29 is 29.0 Å². The molecule has 0 radical (unpaired) electrons. The van der Waals surface area contributed by atoms with Crippen LogP contribution < -0.4 is 21.9 Å². The predicted molar refractivity (Wildman–Crippen MR) is 146 cm³/mol. The average molecular weight is 560 g/mol. The van der Waals surface area contributed by atoms with E-state index in [1.807, 2.05) is 0 Å². The number of esters is 2. The molecule has 14 nitrogen and oxygen atoms in total. The summed E-state index contributed by atoms with van der Waals surface area (Å²) >= 11 is 0. The van der Waals surface area contributed by atoms with Gasteiger partial charge in [0.1, 0.15) is 6.04 Å². The van der Waals surface area contributed by atoms with Crippen molar-refractivity contribution in [3.63, 3.8) is 0 Å². The number of hydrogen-bond donors (Lipinski definition) is 5. The van der Waals surface area contributed by atoms with Crippen LogP contribution in [0, 0.1) is 5.92 Å². The Labute approximate surface area is 232 Å². The summed E-state index contributed by atoms with van der Waals surface area (Å²) in [5, 5.41) is 15.1. The summed E-state index contributed by atoms with van der Waals surface area (Å²) in [6.45, 7) is 1.62. The fourth-order valence-electron chi connectivity index (χ4n) is 3.73. The highest BCUT2D eigenvalue weighted by atomic mass is 16.6. The first-order valence-corrected chi connectivity index (χ1v) is 12.3. The molecule has 0 saturated heterocycles. The fourth-order valence-corrected chi connectivity index (χ4v) is 3.73. The number of aliphatic carboxylic acids is 1. The van der Waals surface area contributed by atoms with Gasteiger partial charge in [0.05, 0.1) is 29.9 Å². The molecule has 210 valence electrons. The van der Waals surface area contributed by atoms with Crippen LogP contribution in [0.5, 0.6) is 0 Å². The number of nitrogens with zero attached hydrogens (tertiary/aromatic N) is 3. The second-order valence-corrected chi connectivity index (χ2v) is 8.99. The second kappa shape index (κ2) is 12.5. The van der Waals surface area contributed by atoms with Crippen molar-refractivity contribution in [2.75, 3.05) is 11.1 Å². The number of nitrogens with two attached hydrogens (primary N) is 1. The van der Waals surface area contributed by atoms with Crippen molar-refractivity contribution in [3.8, 4) is 0 Å². The zero-order valence-electron chi connectivity index (χ0n) is 21.7. The molecule has 0 aliphatic heterocycles. The SMILES string of the molecule is C[C@H](C[C@@H](NC(=O)c1ccc(NCc2cnc3nc(N)[nH]c(=O)c3n2)cc1)C(=O)O)C(=O)OC(=O)c1ccccc1. The van der Waals surface area contributed by atoms with E-state index in [0.717, 1.165) is 0 Å². The summed E-state index contributed by atoms with van der Waals surface area (Å²) < 4.78 is 4.84. The Balaban J connectivity index is 1.32. The predicted octanol–water partition coefficient (Wildman–Crippen LogP) is 1.50. The standard InChI is InChI=1S/C27H25N7O7/c1-14(25(39)41-26(40)16-5-3-2-4-6-16)11-19(24(37)38)32-22(35)15-7-9-17(10-8-15)29-12-18-13-30-21-20(31-18)23(36)34-27(28)33-21/h2-10,13-14,19,29H,11-12H2,1H3,(H,32,35)(H,37,38)(H3,28,30,33,34,36)/t14-,19-/m1/s1. The summed E-state index contributed by atoms with van der Waals surface area (Å²) in [6, 6.07) is 12.6. The number of ether oxygens (including phenoxy) is 1. The highest BCUT2D eigenvalue weighted by molar-refractivity contribution is 5.98. The van der Waals surface area contributed by atoms with E-state index in [1.165, 1.54) is 37.4 Å². The number of carbonyl (C=O) groups excluding carboxylic acids is 3. The van der Waals surface area contributed by atoms with Crippen LogP contribution >= 0.6 is 0 Å². The van der Waals surface area contributed by atoms with Gasteiger partial charge in [0.2, 0.25) is 5.95 Å². The molecule has 2 aromatic heterocycles. The van der Waals surface area contributed by atoms with Crippen LogP contribution in [0.1, 0.15) is 39.8 Å². The number of aromatic amines is 1. The van der Waals surface area contributed by atoms with E-state index in [9.17, 15) is 29.1 Å². The van der Waals surface area contributed by atoms with Crippen molar-refractivity contribution in [3.05, 3.63) is 88.0 Å². The van der Waals surface area contributed by atoms with Gasteiger partial charge >= 0.3 is 17.9 Å². The van der Waals surface area contributed by atoms with Crippen LogP contribution in [0.2, 0.25) is 0 Å². The molecule has 14 heteroatoms. The van der Waals surface area contributed by atoms with Crippen LogP contribution in [0.15, 0.2) is 65.6 Å². The van der Waals surface area contributed by atoms with Crippen molar-refractivity contribution >= 4 is 46.6 Å². The minimum absolute atomic E-state index is 0.0453. The molecule has 0 aliphatic carbocycles. The lowest BCUT2D eigenvalue weighted by atomic mass is 10.0. The topological polar surface area (TPSA) is 219 Å². The fraction of sp³-hybridized carbons (Fsp3) is 0.185. The Morgan fingerprint density at radius 1 is 1.02 bits per heavy atom. The molecule has 2 atom stereocenters. The Morgan fingerprint density at radius 2 is 1.73 bits per heavy atom. The number of aromatic nitrogens is 4. The molecule has 1 amide bonds. The maximum absolute atomic E-state index is 12.7. The Hall–Kier alpha value is -5.66. The first kappa shape index (κ1) is 28.4. The number of carboxylic acid groups (broad SMARTS) is 1. The summed E-state index contributed by atoms with van der Waals surface area (Å²) in [6.07, 6.45) is 1.16. The number of anilines is 2. The molecule has 6 N–H and O–H groups in total. The van der Waals surface area contributed by atoms with Gasteiger partial charge in [-0.15, -0.1) is 0 Å². The molecule has 4 rings (SSSR count). The second-order valence-electron chi connectivity index (χ2n) is 8.99. The third kappa shape index (κ3) is 7.26. The molecular formula is C27H25N7O7. The smallest absolute Gasteiger partial charge is 0.345 e. The van der Waals surface area contributed by atoms with E-state index in [1.54, 1.807) is 30.3 Å². The van der Waals surface area contributed by atoms with Crippen LogP contribution in [0.3, 0.4) is 0 Å². The minimum atomic E-state index is -1.41. The maximum Gasteiger partial charge on any atom is 0.345 e. The van der Waals surface area contributed by atoms with Gasteiger partial charge < -0.3 is 26.2 Å². The van der Waals surface area contributed by atoms with E-state index in [4.69, 9.17) is 10.5 Å². The molecule has 0 spiro atoms. The lowest BCUT2D eigenvalue weighted by Gasteiger charge is -2.18. The number of nitrogens with one attached hydrogen (secondary N) is 3. The lowest BCUT2D eigenvalue weighted by molar-refractivity contribution is -0.144. The molecule has 2 heterocycles. The minimum Gasteiger partial charge on any atom is -0.480 e. The number of carboxylic acids is 1. The first-order valence-electron chi connectivity index (χ1n) is 12.3. The molecule has 41 heavy (non-hydrogen) atoms. The van der Waals surface area contributed by atoms with Gasteiger partial charge in [-0.05, 0) is 42.8 Å². The number of fused-ring (bicyclic) bond motifs is 1. The highest BCUT2D eigenvalue weighted by Crippen LogP contribution is 2.14. The number of hydrogen-bond acceptors (Lipinski definition) is 11. The number of benzene rings is 2. The van der Waals surface area contributed by atoms with E-state index in [2.05, 4.69) is 30.6 Å². The molecule has 0 bridgehead atoms. The van der Waals surface area contributed by atoms with Crippen LogP contribution in [0.4, 0.5) is 11.6 Å². The van der Waals surface area contributed by atoms with Crippen molar-refractivity contribution in [1.29, 1.82) is 0 Å². The van der Waals surface area contributed by atoms with Crippen molar-refractivity contribution in [2.24, 2.45) is 5.92 Å². The first-order chi connectivity index (χ1) is 19.6. The van der Waals surface area contributed by atoms with Gasteiger partial charge in [-0.25, -0.2) is 19.6 Å². The lowest BCUT2D eigenvalue weighted by Crippen LogP contribution is -2.42. The Bertz CT molecular complexity index is 1660. The zero-order chi connectivity index (χ0) is 29.5. The molecule has 4 aromatic rings. The Morgan fingerprint density at radius 3 is 2.41 bits per heavy atom. The van der Waals surface area contributed by atoms with Gasteiger partial charge in [-0.1, -0.05) is 25.1 Å². The molecule has 0 unspecified atom stereocenters. The van der Waals surface area contributed by atoms with Gasteiger partial charge in [0, 0.05) is 11.3 Å². The van der Waals surface area contributed by atoms with Gasteiger partial charge in [0.15, 0.2) is 11.2 Å². The summed E-state index contributed by atoms with van der Waals surface area (Å²) in [7, 11) is 0. The maximum atomic E-state index is 12.7. The molecular weight excluding hydrogens is 534 g/mol. The molecule has 2 aromatic carbocycles.